The van der Waals surface area contributed by atoms with Gasteiger partial charge in [-0.2, -0.15) is 0 Å². The lowest BCUT2D eigenvalue weighted by Crippen LogP contribution is -2.51. The van der Waals surface area contributed by atoms with Crippen LogP contribution in [0.3, 0.4) is 0 Å². The van der Waals surface area contributed by atoms with Crippen LogP contribution in [-0.2, 0) is 15.0 Å². The number of likely N-dealkylation sites (tertiary alicyclic amines) is 2. The molecule has 2 amide bonds. The van der Waals surface area contributed by atoms with Gasteiger partial charge in [0.05, 0.1) is 12.0 Å². The Morgan fingerprint density at radius 1 is 1.04 bits per heavy atom. The SMILES string of the molecule is O=C([C@@H]1C[C@H](F)CN1C(=O)C1(c2ccccc2)CC1)N1CCCCC1. The maximum Gasteiger partial charge on any atom is 0.245 e. The Balaban J connectivity index is 1.55. The molecule has 4 nitrogen and oxygen atoms in total. The normalized spacial score (nSPS) is 28.0. The number of hydrogen-bond acceptors (Lipinski definition) is 2. The lowest BCUT2D eigenvalue weighted by atomic mass is 9.94. The summed E-state index contributed by atoms with van der Waals surface area (Å²) < 4.78 is 14.2. The molecule has 1 saturated carbocycles. The Morgan fingerprint density at radius 2 is 1.72 bits per heavy atom. The molecule has 0 N–H and O–H groups in total. The first-order valence-corrected chi connectivity index (χ1v) is 9.41. The highest BCUT2D eigenvalue weighted by molar-refractivity contribution is 5.95. The van der Waals surface area contributed by atoms with Crippen LogP contribution < -0.4 is 0 Å². The Hall–Kier alpha value is -1.91. The third-order valence-electron chi connectivity index (χ3n) is 5.95. The highest BCUT2D eigenvalue weighted by Gasteiger charge is 2.56. The van der Waals surface area contributed by atoms with Crippen molar-refractivity contribution >= 4 is 11.8 Å². The lowest BCUT2D eigenvalue weighted by Gasteiger charge is -2.34. The molecule has 3 aliphatic rings. The fraction of sp³-hybridized carbons (Fsp3) is 0.600. The predicted octanol–water partition coefficient (Wildman–Crippen LogP) is 2.67. The summed E-state index contributed by atoms with van der Waals surface area (Å²) in [5.74, 6) is -0.119. The van der Waals surface area contributed by atoms with Gasteiger partial charge < -0.3 is 9.80 Å². The number of carbonyl (C=O) groups excluding carboxylic acids is 2. The molecule has 0 radical (unpaired) electrons. The summed E-state index contributed by atoms with van der Waals surface area (Å²) in [5, 5.41) is 0. The molecule has 2 aliphatic heterocycles. The number of piperidine rings is 1. The van der Waals surface area contributed by atoms with Crippen LogP contribution in [0.4, 0.5) is 4.39 Å². The second-order valence-corrected chi connectivity index (χ2v) is 7.64. The van der Waals surface area contributed by atoms with E-state index < -0.39 is 17.6 Å². The molecule has 0 bridgehead atoms. The van der Waals surface area contributed by atoms with Crippen molar-refractivity contribution in [2.75, 3.05) is 19.6 Å². The minimum Gasteiger partial charge on any atom is -0.341 e. The van der Waals surface area contributed by atoms with Gasteiger partial charge in [-0.3, -0.25) is 9.59 Å². The van der Waals surface area contributed by atoms with E-state index in [1.165, 1.54) is 0 Å². The third kappa shape index (κ3) is 2.94. The maximum absolute atomic E-state index is 14.2. The second-order valence-electron chi connectivity index (χ2n) is 7.64. The van der Waals surface area contributed by atoms with E-state index >= 15 is 0 Å². The van der Waals surface area contributed by atoms with Crippen LogP contribution in [0.2, 0.25) is 0 Å². The maximum atomic E-state index is 14.2. The average Bonchev–Trinajstić information content (AvgIpc) is 3.38. The molecule has 0 spiro atoms. The third-order valence-corrected chi connectivity index (χ3v) is 5.95. The molecule has 4 rings (SSSR count). The van der Waals surface area contributed by atoms with Crippen LogP contribution in [0.15, 0.2) is 30.3 Å². The first-order chi connectivity index (χ1) is 12.1. The number of nitrogens with zero attached hydrogens (tertiary/aromatic N) is 2. The first kappa shape index (κ1) is 16.6. The van der Waals surface area contributed by atoms with Crippen molar-refractivity contribution in [2.24, 2.45) is 0 Å². The van der Waals surface area contributed by atoms with Crippen LogP contribution in [0.1, 0.15) is 44.1 Å². The standard InChI is InChI=1S/C20H25FN2O2/c21-16-13-17(18(24)22-11-5-2-6-12-22)23(14-16)19(25)20(9-10-20)15-7-3-1-4-8-15/h1,3-4,7-8,16-17H,2,5-6,9-14H2/t16-,17-/m0/s1. The van der Waals surface area contributed by atoms with Crippen molar-refractivity contribution in [3.8, 4) is 0 Å². The fourth-order valence-corrected chi connectivity index (χ4v) is 4.35. The summed E-state index contributed by atoms with van der Waals surface area (Å²) in [7, 11) is 0. The van der Waals surface area contributed by atoms with Crippen LogP contribution >= 0.6 is 0 Å². The van der Waals surface area contributed by atoms with Gasteiger partial charge in [-0.15, -0.1) is 0 Å². The van der Waals surface area contributed by atoms with Crippen LogP contribution in [0.25, 0.3) is 0 Å². The zero-order chi connectivity index (χ0) is 17.4. The number of rotatable bonds is 3. The Morgan fingerprint density at radius 3 is 2.36 bits per heavy atom. The Labute approximate surface area is 148 Å². The molecule has 2 atom stereocenters. The smallest absolute Gasteiger partial charge is 0.245 e. The number of alkyl halides is 1. The summed E-state index contributed by atoms with van der Waals surface area (Å²) in [4.78, 5) is 29.5. The molecule has 134 valence electrons. The summed E-state index contributed by atoms with van der Waals surface area (Å²) >= 11 is 0. The van der Waals surface area contributed by atoms with E-state index in [-0.39, 0.29) is 24.8 Å². The molecule has 5 heteroatoms. The van der Waals surface area contributed by atoms with E-state index in [2.05, 4.69) is 0 Å². The first-order valence-electron chi connectivity index (χ1n) is 9.41. The van der Waals surface area contributed by atoms with Gasteiger partial charge in [-0.05, 0) is 37.7 Å². The minimum atomic E-state index is -1.10. The molecular weight excluding hydrogens is 319 g/mol. The van der Waals surface area contributed by atoms with Crippen LogP contribution in [0, 0.1) is 0 Å². The number of benzene rings is 1. The van der Waals surface area contributed by atoms with Crippen molar-refractivity contribution in [3.05, 3.63) is 35.9 Å². The molecule has 0 unspecified atom stereocenters. The van der Waals surface area contributed by atoms with E-state index in [0.717, 1.165) is 50.8 Å². The quantitative estimate of drug-likeness (QED) is 0.846. The van der Waals surface area contributed by atoms with Crippen molar-refractivity contribution in [1.82, 2.24) is 9.80 Å². The zero-order valence-corrected chi connectivity index (χ0v) is 14.5. The van der Waals surface area contributed by atoms with Crippen molar-refractivity contribution in [1.29, 1.82) is 0 Å². The van der Waals surface area contributed by atoms with Gasteiger partial charge in [0.25, 0.3) is 0 Å². The molecular formula is C20H25FN2O2. The van der Waals surface area contributed by atoms with Crippen molar-refractivity contribution < 1.29 is 14.0 Å². The number of hydrogen-bond donors (Lipinski definition) is 0. The van der Waals surface area contributed by atoms with Gasteiger partial charge >= 0.3 is 0 Å². The second kappa shape index (κ2) is 6.43. The van der Waals surface area contributed by atoms with Gasteiger partial charge in [-0.1, -0.05) is 30.3 Å². The monoisotopic (exact) mass is 344 g/mol. The molecule has 2 heterocycles. The topological polar surface area (TPSA) is 40.6 Å². The average molecular weight is 344 g/mol. The van der Waals surface area contributed by atoms with E-state index in [1.807, 2.05) is 35.2 Å². The highest BCUT2D eigenvalue weighted by Crippen LogP contribution is 2.50. The van der Waals surface area contributed by atoms with Crippen LogP contribution in [0.5, 0.6) is 0 Å². The van der Waals surface area contributed by atoms with Gasteiger partial charge in [0, 0.05) is 19.5 Å². The predicted molar refractivity (Wildman–Crippen MR) is 92.8 cm³/mol. The molecule has 1 aromatic rings. The van der Waals surface area contributed by atoms with E-state index in [1.54, 1.807) is 4.90 Å². The van der Waals surface area contributed by atoms with E-state index in [4.69, 9.17) is 0 Å². The summed E-state index contributed by atoms with van der Waals surface area (Å²) in [6.45, 7) is 1.52. The number of amides is 2. The number of halogens is 1. The van der Waals surface area contributed by atoms with Gasteiger partial charge in [0.15, 0.2) is 0 Å². The fourth-order valence-electron chi connectivity index (χ4n) is 4.35. The van der Waals surface area contributed by atoms with E-state index in [9.17, 15) is 14.0 Å². The molecule has 25 heavy (non-hydrogen) atoms. The highest BCUT2D eigenvalue weighted by atomic mass is 19.1. The molecule has 0 aromatic heterocycles. The van der Waals surface area contributed by atoms with Gasteiger partial charge in [0.2, 0.25) is 11.8 Å². The summed E-state index contributed by atoms with van der Waals surface area (Å²) in [5.41, 5.74) is 0.456. The molecule has 1 aromatic carbocycles. The van der Waals surface area contributed by atoms with Gasteiger partial charge in [-0.25, -0.2) is 4.39 Å². The largest absolute Gasteiger partial charge is 0.341 e. The lowest BCUT2D eigenvalue weighted by molar-refractivity contribution is -0.145. The minimum absolute atomic E-state index is 0.0532. The summed E-state index contributed by atoms with van der Waals surface area (Å²) in [6, 6.07) is 9.11. The molecule has 1 aliphatic carbocycles. The van der Waals surface area contributed by atoms with Gasteiger partial charge in [0.1, 0.15) is 12.2 Å². The summed E-state index contributed by atoms with van der Waals surface area (Å²) in [6.07, 6.45) is 3.75. The zero-order valence-electron chi connectivity index (χ0n) is 14.5. The molecule has 2 saturated heterocycles. The van der Waals surface area contributed by atoms with Crippen molar-refractivity contribution in [3.63, 3.8) is 0 Å². The van der Waals surface area contributed by atoms with E-state index in [0.29, 0.717) is 0 Å². The molecule has 3 fully saturated rings. The number of carbonyl (C=O) groups is 2. The Kier molecular flexibility index (Phi) is 4.26. The van der Waals surface area contributed by atoms with Crippen LogP contribution in [-0.4, -0.2) is 53.5 Å². The van der Waals surface area contributed by atoms with Crippen molar-refractivity contribution in [2.45, 2.75) is 56.2 Å². The Bertz CT molecular complexity index is 653.